The monoisotopic (exact) mass is 378 g/mol. The molecule has 0 spiro atoms. The molecule has 27 heavy (non-hydrogen) atoms. The smallest absolute Gasteiger partial charge is 0.334 e. The summed E-state index contributed by atoms with van der Waals surface area (Å²) in [5, 5.41) is 9.01. The van der Waals surface area contributed by atoms with E-state index in [0.717, 1.165) is 21.3 Å². The van der Waals surface area contributed by atoms with Crippen LogP contribution in [0.3, 0.4) is 0 Å². The average Bonchev–Trinajstić information content (AvgIpc) is 3.09. The number of nitrogens with zero attached hydrogens (tertiary/aromatic N) is 2. The normalized spacial score (nSPS) is 11.5. The van der Waals surface area contributed by atoms with E-state index in [-0.39, 0.29) is 0 Å². The lowest BCUT2D eigenvalue weighted by molar-refractivity contribution is -0.148. The van der Waals surface area contributed by atoms with Crippen LogP contribution in [0, 0.1) is 11.3 Å². The van der Waals surface area contributed by atoms with Crippen LogP contribution in [0.1, 0.15) is 26.3 Å². The van der Waals surface area contributed by atoms with Crippen molar-refractivity contribution in [3.8, 4) is 22.9 Å². The first-order chi connectivity index (χ1) is 12.9. The van der Waals surface area contributed by atoms with Gasteiger partial charge in [0.05, 0.1) is 39.7 Å². The van der Waals surface area contributed by atoms with Crippen molar-refractivity contribution >= 4 is 27.5 Å². The molecule has 3 rings (SSSR count). The molecule has 0 atom stereocenters. The maximum atomic E-state index is 11.8. The predicted molar refractivity (Wildman–Crippen MR) is 105 cm³/mol. The largest absolute Gasteiger partial charge is 0.464 e. The molecule has 136 valence electrons. The first-order valence-electron chi connectivity index (χ1n) is 8.30. The number of ether oxygens (including phenoxy) is 2. The number of hydrogen-bond acceptors (Lipinski definition) is 6. The van der Waals surface area contributed by atoms with Gasteiger partial charge in [0.25, 0.3) is 0 Å². The van der Waals surface area contributed by atoms with Crippen LogP contribution in [0.5, 0.6) is 5.75 Å². The number of carbonyl (C=O) groups is 1. The van der Waals surface area contributed by atoms with Gasteiger partial charge >= 0.3 is 5.97 Å². The van der Waals surface area contributed by atoms with Gasteiger partial charge in [-0.3, -0.25) is 0 Å². The quantitative estimate of drug-likeness (QED) is 0.360. The summed E-state index contributed by atoms with van der Waals surface area (Å²) < 4.78 is 11.9. The molecular formula is C21H18N2O3S. The molecule has 1 heterocycles. The van der Waals surface area contributed by atoms with Crippen molar-refractivity contribution in [2.24, 2.45) is 0 Å². The van der Waals surface area contributed by atoms with Gasteiger partial charge in [0.2, 0.25) is 0 Å². The number of fused-ring (bicyclic) bond motifs is 1. The highest BCUT2D eigenvalue weighted by molar-refractivity contribution is 7.17. The number of nitriles is 1. The summed E-state index contributed by atoms with van der Waals surface area (Å²) in [5.41, 5.74) is 4.44. The summed E-state index contributed by atoms with van der Waals surface area (Å²) in [6.45, 7) is 5.42. The summed E-state index contributed by atoms with van der Waals surface area (Å²) in [6.07, 6.45) is 2.58. The van der Waals surface area contributed by atoms with E-state index in [1.165, 1.54) is 23.7 Å². The van der Waals surface area contributed by atoms with Gasteiger partial charge in [0, 0.05) is 5.56 Å². The Hall–Kier alpha value is -3.17. The number of esters is 1. The highest BCUT2D eigenvalue weighted by atomic mass is 32.1. The van der Waals surface area contributed by atoms with Crippen LogP contribution in [0.4, 0.5) is 0 Å². The third-order valence-corrected chi connectivity index (χ3v) is 4.43. The maximum Gasteiger partial charge on any atom is 0.334 e. The maximum absolute atomic E-state index is 11.8. The second kappa shape index (κ2) is 7.60. The van der Waals surface area contributed by atoms with Gasteiger partial charge in [0.1, 0.15) is 11.4 Å². The van der Waals surface area contributed by atoms with E-state index in [4.69, 9.17) is 14.7 Å². The number of rotatable bonds is 4. The molecule has 0 unspecified atom stereocenters. The van der Waals surface area contributed by atoms with Crippen LogP contribution >= 0.6 is 11.3 Å². The van der Waals surface area contributed by atoms with Crippen LogP contribution in [0.15, 0.2) is 54.2 Å². The molecule has 6 heteroatoms. The summed E-state index contributed by atoms with van der Waals surface area (Å²) in [6, 6.07) is 13.1. The Morgan fingerprint density at radius 1 is 1.19 bits per heavy atom. The molecule has 0 aliphatic rings. The molecule has 0 saturated carbocycles. The molecule has 0 fully saturated rings. The van der Waals surface area contributed by atoms with Crippen molar-refractivity contribution in [3.05, 3.63) is 59.8 Å². The third-order valence-electron chi connectivity index (χ3n) is 3.57. The molecule has 0 bridgehead atoms. The minimum Gasteiger partial charge on any atom is -0.464 e. The number of benzene rings is 2. The second-order valence-corrected chi connectivity index (χ2v) is 7.64. The van der Waals surface area contributed by atoms with Crippen molar-refractivity contribution < 1.29 is 14.3 Å². The molecule has 0 amide bonds. The zero-order valence-electron chi connectivity index (χ0n) is 15.2. The second-order valence-electron chi connectivity index (χ2n) is 6.78. The lowest BCUT2D eigenvalue weighted by Gasteiger charge is -2.17. The predicted octanol–water partition coefficient (Wildman–Crippen LogP) is 5.07. The van der Waals surface area contributed by atoms with Gasteiger partial charge in [-0.2, -0.15) is 5.26 Å². The molecule has 3 aromatic rings. The van der Waals surface area contributed by atoms with Crippen LogP contribution in [0.25, 0.3) is 21.3 Å². The van der Waals surface area contributed by atoms with Gasteiger partial charge in [0.15, 0.2) is 0 Å². The fraction of sp³-hybridized carbons (Fsp3) is 0.190. The molecule has 0 aliphatic heterocycles. The number of thiazole rings is 1. The standard InChI is InChI=1S/C21H18N2O3S/c1-21(2,3)26-18(24)10-11-25-17-9-8-16-20(27-13-23-16)19(17)15-6-4-14(12-22)5-7-15/h4-11,13H,1-3H3/b11-10+. The molecule has 0 aliphatic carbocycles. The molecule has 0 saturated heterocycles. The Kier molecular flexibility index (Phi) is 5.24. The molecular weight excluding hydrogens is 360 g/mol. The van der Waals surface area contributed by atoms with Crippen molar-refractivity contribution in [1.82, 2.24) is 4.98 Å². The van der Waals surface area contributed by atoms with E-state index in [1.54, 1.807) is 38.4 Å². The van der Waals surface area contributed by atoms with E-state index in [2.05, 4.69) is 11.1 Å². The molecule has 5 nitrogen and oxygen atoms in total. The summed E-state index contributed by atoms with van der Waals surface area (Å²) in [5.74, 6) is 0.123. The van der Waals surface area contributed by atoms with Gasteiger partial charge in [-0.05, 0) is 50.6 Å². The van der Waals surface area contributed by atoms with Gasteiger partial charge in [-0.25, -0.2) is 9.78 Å². The Bertz CT molecular complexity index is 1040. The van der Waals surface area contributed by atoms with Crippen LogP contribution < -0.4 is 4.74 Å². The Morgan fingerprint density at radius 2 is 1.93 bits per heavy atom. The molecule has 0 radical (unpaired) electrons. The third kappa shape index (κ3) is 4.52. The highest BCUT2D eigenvalue weighted by Crippen LogP contribution is 2.39. The van der Waals surface area contributed by atoms with Gasteiger partial charge in [-0.1, -0.05) is 12.1 Å². The first kappa shape index (κ1) is 18.6. The average molecular weight is 378 g/mol. The van der Waals surface area contributed by atoms with Crippen molar-refractivity contribution in [2.45, 2.75) is 26.4 Å². The van der Waals surface area contributed by atoms with E-state index in [1.807, 2.05) is 24.3 Å². The number of hydrogen-bond donors (Lipinski definition) is 0. The minimum absolute atomic E-state index is 0.471. The zero-order valence-corrected chi connectivity index (χ0v) is 16.0. The molecule has 0 N–H and O–H groups in total. The van der Waals surface area contributed by atoms with Crippen LogP contribution in [-0.2, 0) is 9.53 Å². The van der Waals surface area contributed by atoms with Gasteiger partial charge < -0.3 is 9.47 Å². The van der Waals surface area contributed by atoms with Crippen molar-refractivity contribution in [1.29, 1.82) is 5.26 Å². The van der Waals surface area contributed by atoms with Crippen LogP contribution in [0.2, 0.25) is 0 Å². The lowest BCUT2D eigenvalue weighted by Crippen LogP contribution is -2.22. The SMILES string of the molecule is CC(C)(C)OC(=O)/C=C/Oc1ccc2ncsc2c1-c1ccc(C#N)cc1. The Balaban J connectivity index is 1.93. The highest BCUT2D eigenvalue weighted by Gasteiger charge is 2.15. The van der Waals surface area contributed by atoms with E-state index < -0.39 is 11.6 Å². The van der Waals surface area contributed by atoms with Crippen molar-refractivity contribution in [3.63, 3.8) is 0 Å². The van der Waals surface area contributed by atoms with Crippen LogP contribution in [-0.4, -0.2) is 16.6 Å². The fourth-order valence-electron chi connectivity index (χ4n) is 2.49. The number of carbonyl (C=O) groups excluding carboxylic acids is 1. The summed E-state index contributed by atoms with van der Waals surface area (Å²) >= 11 is 1.51. The van der Waals surface area contributed by atoms with Crippen molar-refractivity contribution in [2.75, 3.05) is 0 Å². The van der Waals surface area contributed by atoms with E-state index in [0.29, 0.717) is 11.3 Å². The topological polar surface area (TPSA) is 72.2 Å². The minimum atomic E-state index is -0.559. The van der Waals surface area contributed by atoms with E-state index >= 15 is 0 Å². The summed E-state index contributed by atoms with van der Waals surface area (Å²) in [7, 11) is 0. The Morgan fingerprint density at radius 3 is 2.59 bits per heavy atom. The zero-order chi connectivity index (χ0) is 19.4. The lowest BCUT2D eigenvalue weighted by atomic mass is 10.0. The molecule has 1 aromatic heterocycles. The number of aromatic nitrogens is 1. The first-order valence-corrected chi connectivity index (χ1v) is 9.18. The van der Waals surface area contributed by atoms with E-state index in [9.17, 15) is 4.79 Å². The van der Waals surface area contributed by atoms with Gasteiger partial charge in [-0.15, -0.1) is 11.3 Å². The fourth-order valence-corrected chi connectivity index (χ4v) is 3.34. The molecule has 2 aromatic carbocycles. The summed E-state index contributed by atoms with van der Waals surface area (Å²) in [4.78, 5) is 16.2. The Labute approximate surface area is 161 Å².